The van der Waals surface area contributed by atoms with Crippen LogP contribution in [0.5, 0.6) is 0 Å². The second kappa shape index (κ2) is 5.86. The van der Waals surface area contributed by atoms with Crippen LogP contribution in [0.2, 0.25) is 0 Å². The lowest BCUT2D eigenvalue weighted by Crippen LogP contribution is -2.41. The van der Waals surface area contributed by atoms with E-state index in [4.69, 9.17) is 5.73 Å². The Labute approximate surface area is 122 Å². The molecule has 1 aliphatic heterocycles. The van der Waals surface area contributed by atoms with Crippen molar-refractivity contribution in [1.29, 1.82) is 0 Å². The summed E-state index contributed by atoms with van der Waals surface area (Å²) in [7, 11) is 0. The van der Waals surface area contributed by atoms with Gasteiger partial charge in [0.2, 0.25) is 0 Å². The van der Waals surface area contributed by atoms with Crippen molar-refractivity contribution in [3.63, 3.8) is 0 Å². The van der Waals surface area contributed by atoms with Crippen LogP contribution in [-0.2, 0) is 0 Å². The summed E-state index contributed by atoms with van der Waals surface area (Å²) < 4.78 is 2.37. The number of piperidine rings is 1. The molecule has 1 atom stereocenters. The van der Waals surface area contributed by atoms with E-state index in [1.165, 1.54) is 44.5 Å². The number of aromatic nitrogens is 2. The van der Waals surface area contributed by atoms with Crippen molar-refractivity contribution in [3.05, 3.63) is 18.2 Å². The van der Waals surface area contributed by atoms with Crippen LogP contribution in [0.15, 0.2) is 12.5 Å². The molecule has 3 rings (SSSR count). The summed E-state index contributed by atoms with van der Waals surface area (Å²) >= 11 is 0. The highest BCUT2D eigenvalue weighted by Crippen LogP contribution is 2.38. The van der Waals surface area contributed by atoms with Crippen molar-refractivity contribution in [2.75, 3.05) is 19.6 Å². The third-order valence-corrected chi connectivity index (χ3v) is 5.16. The molecule has 0 amide bonds. The number of nitrogens with two attached hydrogens (primary N) is 1. The fourth-order valence-corrected chi connectivity index (χ4v) is 3.59. The molecule has 112 valence electrons. The Morgan fingerprint density at radius 1 is 1.25 bits per heavy atom. The number of hydrogen-bond donors (Lipinski definition) is 1. The third kappa shape index (κ3) is 2.77. The molecule has 1 aliphatic carbocycles. The van der Waals surface area contributed by atoms with Gasteiger partial charge in [-0.05, 0) is 50.6 Å². The highest BCUT2D eigenvalue weighted by Gasteiger charge is 2.31. The van der Waals surface area contributed by atoms with Crippen molar-refractivity contribution >= 4 is 0 Å². The lowest BCUT2D eigenvalue weighted by Gasteiger charge is -2.38. The summed E-state index contributed by atoms with van der Waals surface area (Å²) in [6, 6.07) is 1.04. The number of imidazole rings is 1. The van der Waals surface area contributed by atoms with Crippen LogP contribution in [0.25, 0.3) is 0 Å². The molecule has 1 saturated carbocycles. The van der Waals surface area contributed by atoms with Crippen molar-refractivity contribution in [2.24, 2.45) is 17.6 Å². The van der Waals surface area contributed by atoms with Gasteiger partial charge in [0.15, 0.2) is 0 Å². The highest BCUT2D eigenvalue weighted by atomic mass is 15.2. The topological polar surface area (TPSA) is 47.1 Å². The van der Waals surface area contributed by atoms with E-state index < -0.39 is 0 Å². The Bertz CT molecular complexity index is 427. The molecule has 2 aliphatic rings. The van der Waals surface area contributed by atoms with Crippen molar-refractivity contribution in [3.8, 4) is 0 Å². The molecule has 0 spiro atoms. The molecule has 1 aromatic rings. The number of nitrogens with zero attached hydrogens (tertiary/aromatic N) is 3. The first kappa shape index (κ1) is 14.1. The van der Waals surface area contributed by atoms with Crippen LogP contribution in [-0.4, -0.2) is 34.1 Å². The van der Waals surface area contributed by atoms with E-state index >= 15 is 0 Å². The molecule has 0 radical (unpaired) electrons. The minimum atomic E-state index is 0.353. The average molecular weight is 276 g/mol. The number of hydrogen-bond acceptors (Lipinski definition) is 3. The zero-order chi connectivity index (χ0) is 14.1. The van der Waals surface area contributed by atoms with E-state index in [1.54, 1.807) is 0 Å². The summed E-state index contributed by atoms with van der Waals surface area (Å²) in [5.74, 6) is 1.70. The van der Waals surface area contributed by atoms with Crippen LogP contribution in [0.3, 0.4) is 0 Å². The Balaban J connectivity index is 1.69. The van der Waals surface area contributed by atoms with Crippen LogP contribution in [0.4, 0.5) is 0 Å². The summed E-state index contributed by atoms with van der Waals surface area (Å²) in [5, 5.41) is 0. The Kier molecular flexibility index (Phi) is 4.13. The van der Waals surface area contributed by atoms with E-state index in [2.05, 4.69) is 28.3 Å². The largest absolute Gasteiger partial charge is 0.330 e. The van der Waals surface area contributed by atoms with Gasteiger partial charge in [-0.25, -0.2) is 4.98 Å². The Hall–Kier alpha value is -0.870. The normalized spacial score (nSPS) is 23.4. The maximum atomic E-state index is 6.10. The van der Waals surface area contributed by atoms with Gasteiger partial charge in [-0.1, -0.05) is 13.8 Å². The third-order valence-electron chi connectivity index (χ3n) is 5.16. The predicted molar refractivity (Wildman–Crippen MR) is 81.4 cm³/mol. The van der Waals surface area contributed by atoms with Crippen LogP contribution in [0, 0.1) is 11.8 Å². The fraction of sp³-hybridized carbons (Fsp3) is 0.812. The van der Waals surface area contributed by atoms with Gasteiger partial charge in [-0.2, -0.15) is 0 Å². The summed E-state index contributed by atoms with van der Waals surface area (Å²) in [5.41, 5.74) is 7.43. The molecule has 1 unspecified atom stereocenters. The minimum Gasteiger partial charge on any atom is -0.330 e. The second-order valence-electron chi connectivity index (χ2n) is 6.83. The molecular formula is C16H28N4. The quantitative estimate of drug-likeness (QED) is 0.899. The Morgan fingerprint density at radius 3 is 2.50 bits per heavy atom. The van der Waals surface area contributed by atoms with Crippen LogP contribution in [0.1, 0.15) is 57.3 Å². The van der Waals surface area contributed by atoms with Gasteiger partial charge in [-0.15, -0.1) is 0 Å². The standard InChI is InChI=1S/C16H28N4/c1-12(2)13-5-7-19(8-6-13)15(9-17)16-10-18-11-20(16)14-3-4-14/h10-15H,3-9,17H2,1-2H3. The van der Waals surface area contributed by atoms with Gasteiger partial charge in [0, 0.05) is 18.8 Å². The van der Waals surface area contributed by atoms with Gasteiger partial charge in [-0.3, -0.25) is 4.90 Å². The first-order valence-corrected chi connectivity index (χ1v) is 8.16. The summed E-state index contributed by atoms with van der Waals surface area (Å²) in [6.07, 6.45) is 9.25. The van der Waals surface area contributed by atoms with Gasteiger partial charge in [0.1, 0.15) is 0 Å². The molecule has 1 aromatic heterocycles. The van der Waals surface area contributed by atoms with E-state index in [9.17, 15) is 0 Å². The monoisotopic (exact) mass is 276 g/mol. The van der Waals surface area contributed by atoms with Gasteiger partial charge in [0.05, 0.1) is 18.1 Å². The van der Waals surface area contributed by atoms with Crippen LogP contribution >= 0.6 is 0 Å². The molecule has 0 bridgehead atoms. The van der Waals surface area contributed by atoms with E-state index in [1.807, 2.05) is 12.5 Å². The lowest BCUT2D eigenvalue weighted by molar-refractivity contribution is 0.113. The molecule has 4 nitrogen and oxygen atoms in total. The molecular weight excluding hydrogens is 248 g/mol. The maximum Gasteiger partial charge on any atom is 0.0951 e. The zero-order valence-electron chi connectivity index (χ0n) is 12.8. The summed E-state index contributed by atoms with van der Waals surface area (Å²) in [6.45, 7) is 7.76. The van der Waals surface area contributed by atoms with Crippen molar-refractivity contribution < 1.29 is 0 Å². The molecule has 0 aromatic carbocycles. The van der Waals surface area contributed by atoms with Crippen molar-refractivity contribution in [1.82, 2.24) is 14.5 Å². The highest BCUT2D eigenvalue weighted by molar-refractivity contribution is 5.10. The lowest BCUT2D eigenvalue weighted by atomic mass is 9.86. The van der Waals surface area contributed by atoms with Crippen molar-refractivity contribution in [2.45, 2.75) is 51.6 Å². The SMILES string of the molecule is CC(C)C1CCN(C(CN)c2cncn2C2CC2)CC1. The van der Waals surface area contributed by atoms with Gasteiger partial charge in [0.25, 0.3) is 0 Å². The predicted octanol–water partition coefficient (Wildman–Crippen LogP) is 2.59. The molecule has 2 heterocycles. The van der Waals surface area contributed by atoms with E-state index in [-0.39, 0.29) is 0 Å². The Morgan fingerprint density at radius 2 is 1.95 bits per heavy atom. The van der Waals surface area contributed by atoms with Crippen LogP contribution < -0.4 is 5.73 Å². The molecule has 2 N–H and O–H groups in total. The fourth-order valence-electron chi connectivity index (χ4n) is 3.59. The first-order valence-electron chi connectivity index (χ1n) is 8.16. The zero-order valence-corrected chi connectivity index (χ0v) is 12.8. The second-order valence-corrected chi connectivity index (χ2v) is 6.83. The average Bonchev–Trinajstić information content (AvgIpc) is 3.19. The number of likely N-dealkylation sites (tertiary alicyclic amines) is 1. The molecule has 20 heavy (non-hydrogen) atoms. The smallest absolute Gasteiger partial charge is 0.0951 e. The summed E-state index contributed by atoms with van der Waals surface area (Å²) in [4.78, 5) is 6.95. The van der Waals surface area contributed by atoms with Gasteiger partial charge < -0.3 is 10.3 Å². The van der Waals surface area contributed by atoms with Gasteiger partial charge >= 0.3 is 0 Å². The molecule has 1 saturated heterocycles. The van der Waals surface area contributed by atoms with E-state index in [0.29, 0.717) is 18.6 Å². The molecule has 4 heteroatoms. The first-order chi connectivity index (χ1) is 9.70. The number of rotatable bonds is 5. The minimum absolute atomic E-state index is 0.353. The van der Waals surface area contributed by atoms with E-state index in [0.717, 1.165) is 11.8 Å². The molecule has 2 fully saturated rings. The maximum absolute atomic E-state index is 6.10.